The third-order valence-electron chi connectivity index (χ3n) is 5.43. The van der Waals surface area contributed by atoms with Crippen LogP contribution < -0.4 is 10.6 Å². The van der Waals surface area contributed by atoms with Gasteiger partial charge in [-0.2, -0.15) is 5.10 Å². The summed E-state index contributed by atoms with van der Waals surface area (Å²) in [6.45, 7) is 5.29. The van der Waals surface area contributed by atoms with Crippen molar-refractivity contribution in [1.82, 2.24) is 9.78 Å². The normalized spacial score (nSPS) is 11.1. The fourth-order valence-electron chi connectivity index (χ4n) is 3.83. The van der Waals surface area contributed by atoms with E-state index in [0.717, 1.165) is 24.8 Å². The van der Waals surface area contributed by atoms with Crippen LogP contribution in [-0.4, -0.2) is 15.9 Å². The smallest absolute Gasteiger partial charge is 0.0631 e. The third-order valence-corrected chi connectivity index (χ3v) is 7.92. The van der Waals surface area contributed by atoms with E-state index in [1.165, 1.54) is 27.4 Å². The van der Waals surface area contributed by atoms with Crippen LogP contribution in [0.15, 0.2) is 91.0 Å². The minimum Gasteiger partial charge on any atom is -0.269 e. The molecule has 0 saturated carbocycles. The van der Waals surface area contributed by atoms with Crippen molar-refractivity contribution in [2.24, 2.45) is 0 Å². The maximum Gasteiger partial charge on any atom is 0.0631 e. The van der Waals surface area contributed by atoms with Crippen molar-refractivity contribution in [3.8, 4) is 0 Å². The predicted molar refractivity (Wildman–Crippen MR) is 125 cm³/mol. The van der Waals surface area contributed by atoms with E-state index in [1.54, 1.807) is 0 Å². The molecule has 4 aromatic rings. The summed E-state index contributed by atoms with van der Waals surface area (Å²) in [4.78, 5) is 0. The molecule has 0 aliphatic carbocycles. The Kier molecular flexibility index (Phi) is 6.22. The molecule has 0 aliphatic heterocycles. The lowest BCUT2D eigenvalue weighted by Crippen LogP contribution is -2.17. The second kappa shape index (κ2) is 9.20. The molecule has 146 valence electrons. The monoisotopic (exact) mass is 398 g/mol. The summed E-state index contributed by atoms with van der Waals surface area (Å²) in [5.41, 5.74) is 5.14. The Hall–Kier alpha value is -2.70. The second-order valence-corrected chi connectivity index (χ2v) is 9.69. The van der Waals surface area contributed by atoms with Crippen molar-refractivity contribution in [2.45, 2.75) is 26.8 Å². The van der Waals surface area contributed by atoms with Crippen molar-refractivity contribution in [3.63, 3.8) is 0 Å². The van der Waals surface area contributed by atoms with Gasteiger partial charge < -0.3 is 0 Å². The van der Waals surface area contributed by atoms with E-state index in [9.17, 15) is 0 Å². The standard InChI is InChI=1S/C26H27N2P/c1-21-26(20-23-12-6-3-7-13-23)22(2)28(27-21)18-19-29(24-14-8-4-9-15-24)25-16-10-5-11-17-25/h3-17H,18-20H2,1-2H3. The largest absolute Gasteiger partial charge is 0.269 e. The van der Waals surface area contributed by atoms with Crippen LogP contribution in [0.1, 0.15) is 22.5 Å². The van der Waals surface area contributed by atoms with Crippen molar-refractivity contribution in [1.29, 1.82) is 0 Å². The van der Waals surface area contributed by atoms with Gasteiger partial charge in [-0.3, -0.25) is 4.68 Å². The summed E-state index contributed by atoms with van der Waals surface area (Å²) < 4.78 is 2.22. The van der Waals surface area contributed by atoms with Gasteiger partial charge in [-0.15, -0.1) is 0 Å². The number of hydrogen-bond acceptors (Lipinski definition) is 1. The zero-order chi connectivity index (χ0) is 20.1. The number of benzene rings is 3. The SMILES string of the molecule is Cc1nn(CCP(c2ccccc2)c2ccccc2)c(C)c1Cc1ccccc1. The summed E-state index contributed by atoms with van der Waals surface area (Å²) >= 11 is 0. The third kappa shape index (κ3) is 4.66. The van der Waals surface area contributed by atoms with Crippen molar-refractivity contribution >= 4 is 18.5 Å². The van der Waals surface area contributed by atoms with Crippen LogP contribution in [-0.2, 0) is 13.0 Å². The van der Waals surface area contributed by atoms with Gasteiger partial charge in [0.2, 0.25) is 0 Å². The highest BCUT2D eigenvalue weighted by Gasteiger charge is 2.16. The first-order chi connectivity index (χ1) is 14.2. The van der Waals surface area contributed by atoms with Crippen molar-refractivity contribution < 1.29 is 0 Å². The highest BCUT2D eigenvalue weighted by Crippen LogP contribution is 2.33. The molecule has 0 bridgehead atoms. The zero-order valence-electron chi connectivity index (χ0n) is 17.1. The highest BCUT2D eigenvalue weighted by molar-refractivity contribution is 7.73. The molecule has 1 aromatic heterocycles. The van der Waals surface area contributed by atoms with Gasteiger partial charge in [0.1, 0.15) is 0 Å². The van der Waals surface area contributed by atoms with Crippen LogP contribution in [0.2, 0.25) is 0 Å². The Balaban J connectivity index is 1.56. The Labute approximate surface area is 175 Å². The molecule has 1 heterocycles. The molecule has 3 heteroatoms. The van der Waals surface area contributed by atoms with Crippen LogP contribution in [0.5, 0.6) is 0 Å². The lowest BCUT2D eigenvalue weighted by molar-refractivity contribution is 0.638. The maximum absolute atomic E-state index is 4.89. The first kappa shape index (κ1) is 19.6. The molecule has 0 amide bonds. The molecule has 0 unspecified atom stereocenters. The summed E-state index contributed by atoms with van der Waals surface area (Å²) in [6, 6.07) is 32.5. The van der Waals surface area contributed by atoms with Gasteiger partial charge in [-0.05, 0) is 44.1 Å². The molecule has 29 heavy (non-hydrogen) atoms. The van der Waals surface area contributed by atoms with Crippen LogP contribution in [0, 0.1) is 13.8 Å². The van der Waals surface area contributed by atoms with E-state index in [-0.39, 0.29) is 0 Å². The van der Waals surface area contributed by atoms with Crippen molar-refractivity contribution in [3.05, 3.63) is 114 Å². The quantitative estimate of drug-likeness (QED) is 0.390. The molecule has 0 radical (unpaired) electrons. The fourth-order valence-corrected chi connectivity index (χ4v) is 6.09. The van der Waals surface area contributed by atoms with Gasteiger partial charge in [0.25, 0.3) is 0 Å². The minimum atomic E-state index is -0.396. The molecule has 4 rings (SSSR count). The maximum atomic E-state index is 4.89. The topological polar surface area (TPSA) is 17.8 Å². The Morgan fingerprint density at radius 1 is 0.724 bits per heavy atom. The predicted octanol–water partition coefficient (Wildman–Crippen LogP) is 5.22. The summed E-state index contributed by atoms with van der Waals surface area (Å²) in [7, 11) is -0.396. The minimum absolute atomic E-state index is 0.396. The molecule has 0 atom stereocenters. The number of nitrogens with zero attached hydrogens (tertiary/aromatic N) is 2. The fraction of sp³-hybridized carbons (Fsp3) is 0.192. The van der Waals surface area contributed by atoms with Gasteiger partial charge in [0.05, 0.1) is 5.69 Å². The lowest BCUT2D eigenvalue weighted by Gasteiger charge is -2.19. The molecule has 0 fully saturated rings. The van der Waals surface area contributed by atoms with Crippen LogP contribution in [0.25, 0.3) is 0 Å². The number of aromatic nitrogens is 2. The summed E-state index contributed by atoms with van der Waals surface area (Å²) in [5.74, 6) is 0. The van der Waals surface area contributed by atoms with Crippen molar-refractivity contribution in [2.75, 3.05) is 6.16 Å². The molecule has 0 spiro atoms. The van der Waals surface area contributed by atoms with Crippen LogP contribution in [0.3, 0.4) is 0 Å². The number of aryl methyl sites for hydroxylation is 2. The Morgan fingerprint density at radius 2 is 1.24 bits per heavy atom. The molecule has 3 aromatic carbocycles. The van der Waals surface area contributed by atoms with E-state index in [0.29, 0.717) is 0 Å². The molecule has 0 saturated heterocycles. The van der Waals surface area contributed by atoms with Crippen LogP contribution in [0.4, 0.5) is 0 Å². The van der Waals surface area contributed by atoms with Gasteiger partial charge in [0.15, 0.2) is 0 Å². The van der Waals surface area contributed by atoms with E-state index in [2.05, 4.69) is 110 Å². The van der Waals surface area contributed by atoms with E-state index in [4.69, 9.17) is 5.10 Å². The Morgan fingerprint density at radius 3 is 1.79 bits per heavy atom. The summed E-state index contributed by atoms with van der Waals surface area (Å²) in [6.07, 6.45) is 2.04. The molecule has 2 nitrogen and oxygen atoms in total. The van der Waals surface area contributed by atoms with Gasteiger partial charge in [0, 0.05) is 24.2 Å². The molecular weight excluding hydrogens is 371 g/mol. The molecule has 0 aliphatic rings. The van der Waals surface area contributed by atoms with E-state index in [1.807, 2.05) is 0 Å². The van der Waals surface area contributed by atoms with Gasteiger partial charge in [-0.25, -0.2) is 0 Å². The second-order valence-electron chi connectivity index (χ2n) is 7.36. The van der Waals surface area contributed by atoms with Gasteiger partial charge >= 0.3 is 0 Å². The first-order valence-electron chi connectivity index (χ1n) is 10.2. The highest BCUT2D eigenvalue weighted by atomic mass is 31.1. The summed E-state index contributed by atoms with van der Waals surface area (Å²) in [5, 5.41) is 7.75. The first-order valence-corrected chi connectivity index (χ1v) is 11.7. The van der Waals surface area contributed by atoms with Crippen LogP contribution >= 0.6 is 7.92 Å². The lowest BCUT2D eigenvalue weighted by atomic mass is 10.0. The molecular formula is C26H27N2P. The zero-order valence-corrected chi connectivity index (χ0v) is 18.0. The van der Waals surface area contributed by atoms with E-state index < -0.39 is 7.92 Å². The average molecular weight is 398 g/mol. The number of hydrogen-bond donors (Lipinski definition) is 0. The Bertz CT molecular complexity index is 1000. The van der Waals surface area contributed by atoms with Gasteiger partial charge in [-0.1, -0.05) is 91.0 Å². The average Bonchev–Trinajstić information content (AvgIpc) is 3.04. The number of rotatable bonds is 7. The molecule has 0 N–H and O–H groups in total. The van der Waals surface area contributed by atoms with E-state index >= 15 is 0 Å².